The fraction of sp³-hybridized carbons (Fsp3) is 1.00. The molecule has 0 aromatic carbocycles. The molecule has 2 aliphatic heterocycles. The van der Waals surface area contributed by atoms with Gasteiger partial charge in [0.05, 0.1) is 17.8 Å². The van der Waals surface area contributed by atoms with E-state index < -0.39 is 17.8 Å². The van der Waals surface area contributed by atoms with Crippen LogP contribution in [0.25, 0.3) is 0 Å². The van der Waals surface area contributed by atoms with Crippen LogP contribution in [0.15, 0.2) is 0 Å². The van der Waals surface area contributed by atoms with Gasteiger partial charge in [0.25, 0.3) is 0 Å². The summed E-state index contributed by atoms with van der Waals surface area (Å²) in [5, 5.41) is 20.0. The highest BCUT2D eigenvalue weighted by Gasteiger charge is 2.59. The van der Waals surface area contributed by atoms with Crippen LogP contribution in [0, 0.1) is 0 Å². The fourth-order valence-electron chi connectivity index (χ4n) is 3.08. The third-order valence-corrected chi connectivity index (χ3v) is 4.59. The Kier molecular flexibility index (Phi) is 2.65. The van der Waals surface area contributed by atoms with Crippen LogP contribution < -0.4 is 0 Å². The van der Waals surface area contributed by atoms with Gasteiger partial charge in [-0.2, -0.15) is 0 Å². The van der Waals surface area contributed by atoms with E-state index in [1.54, 1.807) is 0 Å². The lowest BCUT2D eigenvalue weighted by atomic mass is 9.54. The van der Waals surface area contributed by atoms with E-state index in [0.29, 0.717) is 6.42 Å². The van der Waals surface area contributed by atoms with Gasteiger partial charge in [-0.05, 0) is 18.2 Å². The zero-order valence-electron chi connectivity index (χ0n) is 9.86. The third kappa shape index (κ3) is 1.46. The predicted octanol–water partition coefficient (Wildman–Crippen LogP) is 0.251. The molecule has 2 aliphatic rings. The maximum Gasteiger partial charge on any atom is 0.112 e. The first kappa shape index (κ1) is 11.4. The summed E-state index contributed by atoms with van der Waals surface area (Å²) < 4.78 is 6.01. The molecule has 0 saturated carbocycles. The van der Waals surface area contributed by atoms with Crippen LogP contribution in [-0.4, -0.2) is 42.0 Å². The van der Waals surface area contributed by atoms with Gasteiger partial charge in [-0.25, -0.2) is 0 Å². The highest BCUT2D eigenvalue weighted by atomic mass is 16.5. The van der Waals surface area contributed by atoms with Crippen molar-refractivity contribution in [2.45, 2.75) is 68.8 Å². The monoisotopic (exact) mass is 212 g/mol. The number of aliphatic hydroxyl groups is 2. The van der Waals surface area contributed by atoms with Gasteiger partial charge in [-0.1, -0.05) is 20.3 Å². The lowest BCUT2D eigenvalue weighted by molar-refractivity contribution is -0.210. The molecule has 2 rings (SSSR count). The summed E-state index contributed by atoms with van der Waals surface area (Å²) in [7, 11) is 2.12. The largest absolute Gasteiger partial charge is 0.390 e. The zero-order chi connectivity index (χ0) is 11.3. The van der Waals surface area contributed by atoms with Crippen molar-refractivity contribution in [3.05, 3.63) is 0 Å². The van der Waals surface area contributed by atoms with Crippen LogP contribution in [0.1, 0.15) is 39.5 Å². The summed E-state index contributed by atoms with van der Waals surface area (Å²) in [5.41, 5.74) is -0.524. The van der Waals surface area contributed by atoms with Gasteiger partial charge in [-0.3, -0.25) is 0 Å². The SMILES string of the molecule is BC(C)(CC)[C@]12CC[C@H](C[C@@H](O)[C@H]1O)O2. The van der Waals surface area contributed by atoms with E-state index in [9.17, 15) is 10.2 Å². The number of aliphatic hydroxyl groups excluding tert-OH is 2. The molecule has 2 fully saturated rings. The maximum absolute atomic E-state index is 10.2. The average molecular weight is 212 g/mol. The second-order valence-corrected chi connectivity index (χ2v) is 5.65. The van der Waals surface area contributed by atoms with Gasteiger partial charge < -0.3 is 14.9 Å². The molecule has 0 radical (unpaired) electrons. The van der Waals surface area contributed by atoms with Crippen molar-refractivity contribution in [3.63, 3.8) is 0 Å². The summed E-state index contributed by atoms with van der Waals surface area (Å²) in [5.74, 6) is 0. The van der Waals surface area contributed by atoms with E-state index in [0.717, 1.165) is 19.3 Å². The van der Waals surface area contributed by atoms with E-state index in [2.05, 4.69) is 21.7 Å². The number of fused-ring (bicyclic) bond motifs is 2. The molecule has 0 aromatic rings. The molecule has 15 heavy (non-hydrogen) atoms. The van der Waals surface area contributed by atoms with Crippen molar-refractivity contribution in [3.8, 4) is 0 Å². The maximum atomic E-state index is 10.2. The zero-order valence-corrected chi connectivity index (χ0v) is 9.86. The Morgan fingerprint density at radius 1 is 1.53 bits per heavy atom. The van der Waals surface area contributed by atoms with Gasteiger partial charge in [0.15, 0.2) is 0 Å². The van der Waals surface area contributed by atoms with Crippen molar-refractivity contribution in [2.75, 3.05) is 0 Å². The van der Waals surface area contributed by atoms with Crippen LogP contribution in [0.5, 0.6) is 0 Å². The fourth-order valence-corrected chi connectivity index (χ4v) is 3.08. The van der Waals surface area contributed by atoms with E-state index in [1.165, 1.54) is 0 Å². The van der Waals surface area contributed by atoms with Crippen molar-refractivity contribution in [1.82, 2.24) is 0 Å². The number of ether oxygens (including phenoxy) is 1. The smallest absolute Gasteiger partial charge is 0.112 e. The first-order valence-corrected chi connectivity index (χ1v) is 5.97. The summed E-state index contributed by atoms with van der Waals surface area (Å²) in [6.45, 7) is 4.23. The Balaban J connectivity index is 2.33. The molecule has 0 aliphatic carbocycles. The Morgan fingerprint density at radius 2 is 2.20 bits per heavy atom. The van der Waals surface area contributed by atoms with Crippen molar-refractivity contribution >= 4 is 7.85 Å². The van der Waals surface area contributed by atoms with Gasteiger partial charge in [-0.15, -0.1) is 0 Å². The molecule has 86 valence electrons. The topological polar surface area (TPSA) is 49.7 Å². The first-order chi connectivity index (χ1) is 6.93. The first-order valence-electron chi connectivity index (χ1n) is 5.97. The van der Waals surface area contributed by atoms with Crippen LogP contribution in [-0.2, 0) is 4.74 Å². The van der Waals surface area contributed by atoms with Crippen molar-refractivity contribution < 1.29 is 14.9 Å². The van der Waals surface area contributed by atoms with Crippen LogP contribution in [0.3, 0.4) is 0 Å². The van der Waals surface area contributed by atoms with Gasteiger partial charge in [0.2, 0.25) is 0 Å². The minimum Gasteiger partial charge on any atom is -0.390 e. The molecule has 0 aromatic heterocycles. The Bertz CT molecular complexity index is 256. The minimum atomic E-state index is -0.730. The van der Waals surface area contributed by atoms with E-state index >= 15 is 0 Å². The predicted molar refractivity (Wildman–Crippen MR) is 60.7 cm³/mol. The summed E-state index contributed by atoms with van der Waals surface area (Å²) in [6, 6.07) is 0. The normalized spacial score (nSPS) is 48.9. The minimum absolute atomic E-state index is 0.0808. The second kappa shape index (κ2) is 3.47. The molecule has 0 amide bonds. The number of hydrogen-bond donors (Lipinski definition) is 2. The molecular weight excluding hydrogens is 191 g/mol. The van der Waals surface area contributed by atoms with Crippen LogP contribution in [0.4, 0.5) is 0 Å². The second-order valence-electron chi connectivity index (χ2n) is 5.65. The van der Waals surface area contributed by atoms with E-state index in [-0.39, 0.29) is 11.4 Å². The number of rotatable bonds is 2. The van der Waals surface area contributed by atoms with Crippen LogP contribution >= 0.6 is 0 Å². The highest BCUT2D eigenvalue weighted by Crippen LogP contribution is 2.55. The van der Waals surface area contributed by atoms with Gasteiger partial charge >= 0.3 is 0 Å². The molecular formula is C11H21BO3. The Labute approximate surface area is 92.2 Å². The Morgan fingerprint density at radius 3 is 2.80 bits per heavy atom. The van der Waals surface area contributed by atoms with Crippen LogP contribution in [0.2, 0.25) is 5.31 Å². The van der Waals surface area contributed by atoms with Gasteiger partial charge in [0.1, 0.15) is 14.0 Å². The molecule has 5 atom stereocenters. The standard InChI is InChI=1S/C11H21BO3/c1-3-10(2,12)11-5-4-7(15-11)6-8(13)9(11)14/h7-9,13-14H,3-6,12H2,1-2H3/t7-,8-,9-,10?,11+/m1/s1. The van der Waals surface area contributed by atoms with Crippen molar-refractivity contribution in [2.24, 2.45) is 0 Å². The summed E-state index contributed by atoms with van der Waals surface area (Å²) in [6.07, 6.45) is 2.18. The molecule has 2 heterocycles. The molecule has 4 heteroatoms. The highest BCUT2D eigenvalue weighted by molar-refractivity contribution is 6.16. The molecule has 2 bridgehead atoms. The molecule has 0 spiro atoms. The van der Waals surface area contributed by atoms with Gasteiger partial charge in [0, 0.05) is 6.42 Å². The Hall–Kier alpha value is -0.0551. The van der Waals surface area contributed by atoms with E-state index in [4.69, 9.17) is 4.74 Å². The lowest BCUT2D eigenvalue weighted by Gasteiger charge is -2.50. The molecule has 2 saturated heterocycles. The van der Waals surface area contributed by atoms with Crippen molar-refractivity contribution in [1.29, 1.82) is 0 Å². The quantitative estimate of drug-likeness (QED) is 0.645. The molecule has 1 unspecified atom stereocenters. The lowest BCUT2D eigenvalue weighted by Crippen LogP contribution is -2.59. The molecule has 3 nitrogen and oxygen atoms in total. The summed E-state index contributed by atoms with van der Waals surface area (Å²) in [4.78, 5) is 0. The number of hydrogen-bond acceptors (Lipinski definition) is 3. The summed E-state index contributed by atoms with van der Waals surface area (Å²) >= 11 is 0. The average Bonchev–Trinajstić information content (AvgIpc) is 2.57. The third-order valence-electron chi connectivity index (χ3n) is 4.59. The van der Waals surface area contributed by atoms with E-state index in [1.807, 2.05) is 0 Å². The molecule has 2 N–H and O–H groups in total.